The van der Waals surface area contributed by atoms with Gasteiger partial charge in [0.2, 0.25) is 5.91 Å². The van der Waals surface area contributed by atoms with Crippen molar-refractivity contribution in [1.82, 2.24) is 14.9 Å². The van der Waals surface area contributed by atoms with Crippen molar-refractivity contribution in [3.8, 4) is 0 Å². The van der Waals surface area contributed by atoms with Crippen LogP contribution in [0.15, 0.2) is 77.9 Å². The second-order valence-corrected chi connectivity index (χ2v) is 8.10. The molecule has 3 aromatic carbocycles. The highest BCUT2D eigenvalue weighted by atomic mass is 16.2. The fourth-order valence-electron chi connectivity index (χ4n) is 4.64. The van der Waals surface area contributed by atoms with Crippen molar-refractivity contribution < 1.29 is 14.4 Å². The van der Waals surface area contributed by atoms with Gasteiger partial charge in [-0.15, -0.1) is 0 Å². The lowest BCUT2D eigenvalue weighted by molar-refractivity contribution is -0.117. The molecule has 34 heavy (non-hydrogen) atoms. The molecule has 0 radical (unpaired) electrons. The van der Waals surface area contributed by atoms with Crippen molar-refractivity contribution in [3.05, 3.63) is 100 Å². The van der Waals surface area contributed by atoms with E-state index >= 15 is 0 Å². The van der Waals surface area contributed by atoms with Crippen LogP contribution in [-0.4, -0.2) is 39.1 Å². The van der Waals surface area contributed by atoms with Gasteiger partial charge in [-0.25, -0.2) is 4.98 Å². The number of aromatic amines is 1. The van der Waals surface area contributed by atoms with E-state index in [4.69, 9.17) is 0 Å². The molecule has 0 aliphatic carbocycles. The maximum absolute atomic E-state index is 13.4. The third-order valence-electron chi connectivity index (χ3n) is 6.12. The van der Waals surface area contributed by atoms with Gasteiger partial charge >= 0.3 is 0 Å². The Balaban J connectivity index is 1.36. The van der Waals surface area contributed by atoms with Gasteiger partial charge in [-0.05, 0) is 36.4 Å². The van der Waals surface area contributed by atoms with Crippen LogP contribution >= 0.6 is 0 Å². The molecule has 0 saturated carbocycles. The predicted molar refractivity (Wildman–Crippen MR) is 124 cm³/mol. The van der Waals surface area contributed by atoms with E-state index in [1.54, 1.807) is 65.6 Å². The quantitative estimate of drug-likeness (QED) is 0.497. The highest BCUT2D eigenvalue weighted by Gasteiger charge is 2.48. The second-order valence-electron chi connectivity index (χ2n) is 8.10. The number of amides is 3. The summed E-state index contributed by atoms with van der Waals surface area (Å²) in [7, 11) is 0. The Morgan fingerprint density at radius 3 is 2.56 bits per heavy atom. The molecular formula is C25H17N5O4. The molecule has 0 saturated heterocycles. The summed E-state index contributed by atoms with van der Waals surface area (Å²) >= 11 is 0. The number of H-pyrrole nitrogens is 1. The van der Waals surface area contributed by atoms with Crippen LogP contribution in [0, 0.1) is 0 Å². The van der Waals surface area contributed by atoms with Gasteiger partial charge in [-0.2, -0.15) is 0 Å². The first kappa shape index (κ1) is 19.9. The van der Waals surface area contributed by atoms with Gasteiger partial charge in [0.1, 0.15) is 12.7 Å². The number of nitrogens with one attached hydrogen (secondary N) is 2. The summed E-state index contributed by atoms with van der Waals surface area (Å²) in [4.78, 5) is 61.3. The number of hydrogen-bond acceptors (Lipinski definition) is 5. The van der Waals surface area contributed by atoms with Crippen molar-refractivity contribution in [3.63, 3.8) is 0 Å². The average molecular weight is 451 g/mol. The van der Waals surface area contributed by atoms with Gasteiger partial charge < -0.3 is 15.2 Å². The summed E-state index contributed by atoms with van der Waals surface area (Å²) in [5.74, 6) is -1.01. The van der Waals surface area contributed by atoms with Gasteiger partial charge in [-0.1, -0.05) is 30.3 Å². The molecular weight excluding hydrogens is 434 g/mol. The number of carbonyl (C=O) groups is 3. The number of aromatic nitrogens is 2. The van der Waals surface area contributed by atoms with Gasteiger partial charge in [0.05, 0.1) is 28.5 Å². The Labute approximate surface area is 192 Å². The molecule has 0 unspecified atom stereocenters. The first-order valence-electron chi connectivity index (χ1n) is 10.6. The molecule has 6 rings (SSSR count). The first-order valence-corrected chi connectivity index (χ1v) is 10.6. The molecule has 0 bridgehead atoms. The summed E-state index contributed by atoms with van der Waals surface area (Å²) in [6.45, 7) is -0.280. The van der Waals surface area contributed by atoms with Crippen molar-refractivity contribution in [2.45, 2.75) is 6.17 Å². The Morgan fingerprint density at radius 1 is 0.941 bits per heavy atom. The van der Waals surface area contributed by atoms with Crippen LogP contribution in [0.3, 0.4) is 0 Å². The number of hydrogen-bond donors (Lipinski definition) is 2. The summed E-state index contributed by atoms with van der Waals surface area (Å²) < 4.78 is 0. The summed E-state index contributed by atoms with van der Waals surface area (Å²) in [6.07, 6.45) is 0.593. The first-order chi connectivity index (χ1) is 16.5. The predicted octanol–water partition coefficient (Wildman–Crippen LogP) is 2.68. The average Bonchev–Trinajstić information content (AvgIpc) is 3.15. The largest absolute Gasteiger partial charge is 0.325 e. The number of rotatable bonds is 3. The Bertz CT molecular complexity index is 1580. The molecule has 4 aromatic rings. The van der Waals surface area contributed by atoms with Crippen LogP contribution in [0.2, 0.25) is 0 Å². The minimum atomic E-state index is -0.722. The highest BCUT2D eigenvalue weighted by molar-refractivity contribution is 6.17. The molecule has 1 atom stereocenters. The zero-order valence-corrected chi connectivity index (χ0v) is 17.7. The third kappa shape index (κ3) is 2.91. The normalized spacial score (nSPS) is 16.3. The molecule has 2 aliphatic heterocycles. The summed E-state index contributed by atoms with van der Waals surface area (Å²) in [5, 5.41) is 3.09. The maximum Gasteiger partial charge on any atom is 0.260 e. The fourth-order valence-corrected chi connectivity index (χ4v) is 4.64. The molecule has 9 heteroatoms. The van der Waals surface area contributed by atoms with Crippen molar-refractivity contribution in [2.24, 2.45) is 0 Å². The Hall–Kier alpha value is -4.79. The smallest absolute Gasteiger partial charge is 0.260 e. The lowest BCUT2D eigenvalue weighted by Crippen LogP contribution is -2.50. The van der Waals surface area contributed by atoms with Crippen LogP contribution in [0.25, 0.3) is 10.9 Å². The minimum absolute atomic E-state index is 0.216. The van der Waals surface area contributed by atoms with Gasteiger partial charge in [0.25, 0.3) is 17.4 Å². The number of nitrogens with zero attached hydrogens (tertiary/aromatic N) is 3. The molecule has 0 spiro atoms. The number of anilines is 2. The Morgan fingerprint density at radius 2 is 1.71 bits per heavy atom. The minimum Gasteiger partial charge on any atom is -0.325 e. The summed E-state index contributed by atoms with van der Waals surface area (Å²) in [5.41, 5.74) is 2.64. The fraction of sp³-hybridized carbons (Fsp3) is 0.0800. The number of carbonyl (C=O) groups excluding carboxylic acids is 3. The van der Waals surface area contributed by atoms with Crippen LogP contribution < -0.4 is 15.8 Å². The van der Waals surface area contributed by atoms with Crippen LogP contribution in [0.4, 0.5) is 11.4 Å². The van der Waals surface area contributed by atoms with E-state index in [1.807, 2.05) is 0 Å². The highest BCUT2D eigenvalue weighted by Crippen LogP contribution is 2.44. The zero-order chi connectivity index (χ0) is 23.4. The lowest BCUT2D eigenvalue weighted by atomic mass is 10.0. The van der Waals surface area contributed by atoms with E-state index in [1.165, 1.54) is 17.3 Å². The van der Waals surface area contributed by atoms with Crippen molar-refractivity contribution >= 4 is 40.0 Å². The molecule has 1 aromatic heterocycles. The standard InChI is InChI=1S/C25H17N5O4/c31-21(28-14-9-10-19-18(11-14)22(32)27-13-26-19)12-29-23-15-5-1-2-6-16(15)25(34)30(23)20-8-4-3-7-17(20)24(29)33/h1-11,13,23H,12H2,(H,28,31)(H,26,27,32)/t23-/m1/s1. The maximum atomic E-state index is 13.4. The molecule has 9 nitrogen and oxygen atoms in total. The lowest BCUT2D eigenvalue weighted by Gasteiger charge is -2.40. The van der Waals surface area contributed by atoms with Gasteiger partial charge in [0.15, 0.2) is 0 Å². The van der Waals surface area contributed by atoms with Crippen LogP contribution in [0.5, 0.6) is 0 Å². The topological polar surface area (TPSA) is 115 Å². The molecule has 2 N–H and O–H groups in total. The second kappa shape index (κ2) is 7.38. The molecule has 166 valence electrons. The molecule has 2 aliphatic rings. The summed E-state index contributed by atoms with van der Waals surface area (Å²) in [6, 6.07) is 18.8. The van der Waals surface area contributed by atoms with Crippen LogP contribution in [0.1, 0.15) is 32.4 Å². The Kier molecular flexibility index (Phi) is 4.31. The number of benzene rings is 3. The van der Waals surface area contributed by atoms with Gasteiger partial charge in [0, 0.05) is 16.8 Å². The third-order valence-corrected chi connectivity index (χ3v) is 6.12. The van der Waals surface area contributed by atoms with Crippen molar-refractivity contribution in [2.75, 3.05) is 16.8 Å². The zero-order valence-electron chi connectivity index (χ0n) is 17.7. The molecule has 3 heterocycles. The van der Waals surface area contributed by atoms with E-state index in [2.05, 4.69) is 15.3 Å². The molecule has 3 amide bonds. The number of fused-ring (bicyclic) bond motifs is 6. The van der Waals surface area contributed by atoms with Crippen LogP contribution in [-0.2, 0) is 4.79 Å². The van der Waals surface area contributed by atoms with E-state index in [-0.39, 0.29) is 23.9 Å². The van der Waals surface area contributed by atoms with E-state index in [0.717, 1.165) is 0 Å². The van der Waals surface area contributed by atoms with Crippen molar-refractivity contribution in [1.29, 1.82) is 0 Å². The van der Waals surface area contributed by atoms with E-state index in [0.29, 0.717) is 39.0 Å². The monoisotopic (exact) mass is 451 g/mol. The molecule has 0 fully saturated rings. The van der Waals surface area contributed by atoms with E-state index in [9.17, 15) is 19.2 Å². The van der Waals surface area contributed by atoms with E-state index < -0.39 is 12.1 Å². The van der Waals surface area contributed by atoms with Gasteiger partial charge in [-0.3, -0.25) is 24.1 Å². The SMILES string of the molecule is O=C(CN1C(=O)c2ccccc2N2C(=O)c3ccccc3[C@H]12)Nc1ccc2nc[nH]c(=O)c2c1. The number of para-hydroxylation sites is 1.